The summed E-state index contributed by atoms with van der Waals surface area (Å²) in [4.78, 5) is 43.8. The lowest BCUT2D eigenvalue weighted by Gasteiger charge is -2.36. The first-order chi connectivity index (χ1) is 29.7. The average molecular weight is 865 g/mol. The maximum atomic E-state index is 13.2. The van der Waals surface area contributed by atoms with Crippen molar-refractivity contribution in [3.63, 3.8) is 0 Å². The highest BCUT2D eigenvalue weighted by Crippen LogP contribution is 2.24. The van der Waals surface area contributed by atoms with Crippen molar-refractivity contribution in [2.75, 3.05) is 60.6 Å². The van der Waals surface area contributed by atoms with Crippen LogP contribution in [0.2, 0.25) is 0 Å². The second-order valence-corrected chi connectivity index (χ2v) is 19.2. The fraction of sp³-hybridized carbons (Fsp3) is 0.943. The molecule has 0 rings (SSSR count). The van der Waals surface area contributed by atoms with Crippen LogP contribution in [0.3, 0.4) is 0 Å². The van der Waals surface area contributed by atoms with E-state index in [1.807, 2.05) is 0 Å². The Balaban J connectivity index is 5.27. The van der Waals surface area contributed by atoms with Crippen LogP contribution < -0.4 is 0 Å². The minimum atomic E-state index is -0.848. The molecule has 0 heterocycles. The van der Waals surface area contributed by atoms with E-state index >= 15 is 0 Å². The molecule has 0 aliphatic carbocycles. The molecule has 0 unspecified atom stereocenters. The Morgan fingerprint density at radius 1 is 0.344 bits per heavy atom. The Labute approximate surface area is 379 Å². The van der Waals surface area contributed by atoms with Crippen molar-refractivity contribution >= 4 is 17.9 Å². The normalized spacial score (nSPS) is 11.8. The van der Waals surface area contributed by atoms with Crippen LogP contribution in [-0.2, 0) is 28.6 Å². The lowest BCUT2D eigenvalue weighted by Crippen LogP contribution is -2.47. The largest absolute Gasteiger partial charge is 0.465 e. The van der Waals surface area contributed by atoms with Gasteiger partial charge in [0.1, 0.15) is 19.8 Å². The van der Waals surface area contributed by atoms with Gasteiger partial charge in [-0.1, -0.05) is 213 Å². The van der Waals surface area contributed by atoms with Crippen molar-refractivity contribution in [1.82, 2.24) is 9.80 Å². The molecule has 0 spiro atoms. The second-order valence-electron chi connectivity index (χ2n) is 19.2. The maximum absolute atomic E-state index is 13.2. The minimum Gasteiger partial charge on any atom is -0.465 e. The summed E-state index contributed by atoms with van der Waals surface area (Å²) in [7, 11) is 6.20. The predicted molar refractivity (Wildman–Crippen MR) is 259 cm³/mol. The number of rotatable bonds is 48. The number of nitrogens with zero attached hydrogens (tertiary/aromatic N) is 2. The number of ether oxygens (including phenoxy) is 3. The molecule has 0 bridgehead atoms. The van der Waals surface area contributed by atoms with Gasteiger partial charge in [0, 0.05) is 25.8 Å². The third-order valence-corrected chi connectivity index (χ3v) is 12.3. The van der Waals surface area contributed by atoms with E-state index in [0.717, 1.165) is 77.3 Å². The van der Waals surface area contributed by atoms with E-state index in [1.54, 1.807) is 0 Å². The fourth-order valence-corrected chi connectivity index (χ4v) is 8.29. The molecular weight excluding hydrogens is 761 g/mol. The van der Waals surface area contributed by atoms with Crippen molar-refractivity contribution in [3.8, 4) is 0 Å². The summed E-state index contributed by atoms with van der Waals surface area (Å²) in [5.41, 5.74) is -0.848. The van der Waals surface area contributed by atoms with Gasteiger partial charge in [-0.15, -0.1) is 0 Å². The van der Waals surface area contributed by atoms with Crippen molar-refractivity contribution in [3.05, 3.63) is 0 Å². The zero-order valence-electron chi connectivity index (χ0n) is 41.7. The van der Waals surface area contributed by atoms with Crippen molar-refractivity contribution < 1.29 is 28.6 Å². The zero-order valence-corrected chi connectivity index (χ0v) is 41.7. The first-order valence-electron chi connectivity index (χ1n) is 26.5. The monoisotopic (exact) mass is 865 g/mol. The Morgan fingerprint density at radius 2 is 0.590 bits per heavy atom. The Morgan fingerprint density at radius 3 is 0.836 bits per heavy atom. The molecule has 0 amide bonds. The predicted octanol–water partition coefficient (Wildman–Crippen LogP) is 14.6. The summed E-state index contributed by atoms with van der Waals surface area (Å²) >= 11 is 0. The Kier molecular flexibility index (Phi) is 43.7. The Bertz CT molecular complexity index is 872. The SMILES string of the molecule is CCCCCCCCCCCCCC(=O)OCC(COC(=O)CCCCCCCCCCCCC)(COC(=O)CCCCCCCCCCCCC)CN(C)CCCN(C)C. The van der Waals surface area contributed by atoms with Crippen LogP contribution in [0.1, 0.15) is 258 Å². The molecule has 0 aromatic carbocycles. The van der Waals surface area contributed by atoms with E-state index in [2.05, 4.69) is 51.7 Å². The van der Waals surface area contributed by atoms with E-state index in [0.29, 0.717) is 25.8 Å². The van der Waals surface area contributed by atoms with Crippen LogP contribution in [0, 0.1) is 5.41 Å². The zero-order chi connectivity index (χ0) is 44.9. The van der Waals surface area contributed by atoms with Crippen LogP contribution in [-0.4, -0.2) is 88.3 Å². The molecule has 0 saturated heterocycles. The number of carbonyl (C=O) groups excluding carboxylic acids is 3. The van der Waals surface area contributed by atoms with E-state index in [4.69, 9.17) is 14.2 Å². The highest BCUT2D eigenvalue weighted by molar-refractivity contribution is 5.70. The third-order valence-electron chi connectivity index (χ3n) is 12.3. The van der Waals surface area contributed by atoms with Crippen LogP contribution in [0.15, 0.2) is 0 Å². The molecule has 0 N–H and O–H groups in total. The third kappa shape index (κ3) is 42.1. The van der Waals surface area contributed by atoms with Gasteiger partial charge in [-0.25, -0.2) is 0 Å². The minimum absolute atomic E-state index is 0.0549. The van der Waals surface area contributed by atoms with Crippen LogP contribution >= 0.6 is 0 Å². The maximum Gasteiger partial charge on any atom is 0.305 e. The number of hydrogen-bond acceptors (Lipinski definition) is 8. The number of hydrogen-bond donors (Lipinski definition) is 0. The van der Waals surface area contributed by atoms with Crippen LogP contribution in [0.25, 0.3) is 0 Å². The second kappa shape index (κ2) is 44.9. The highest BCUT2D eigenvalue weighted by Gasteiger charge is 2.37. The first kappa shape index (κ1) is 59.3. The number of carbonyl (C=O) groups is 3. The molecule has 362 valence electrons. The Hall–Kier alpha value is -1.67. The van der Waals surface area contributed by atoms with Crippen LogP contribution in [0.5, 0.6) is 0 Å². The molecule has 0 aliphatic rings. The average Bonchev–Trinajstić information content (AvgIpc) is 3.24. The molecule has 8 heteroatoms. The lowest BCUT2D eigenvalue weighted by molar-refractivity contribution is -0.163. The van der Waals surface area contributed by atoms with Gasteiger partial charge in [-0.05, 0) is 59.9 Å². The van der Waals surface area contributed by atoms with Crippen molar-refractivity contribution in [2.24, 2.45) is 5.41 Å². The number of esters is 3. The standard InChI is InChI=1S/C53H104N2O6/c1-7-10-13-16-19-22-25-28-31-34-37-41-50(56)59-47-53(46-55(6)45-40-44-54(4)5,48-60-51(57)42-38-35-32-29-26-23-20-17-14-11-8-2)49-61-52(58)43-39-36-33-30-27-24-21-18-15-12-9-3/h7-49H2,1-6H3. The first-order valence-corrected chi connectivity index (χ1v) is 26.5. The summed E-state index contributed by atoms with van der Waals surface area (Å²) < 4.78 is 18.0. The van der Waals surface area contributed by atoms with Crippen LogP contribution in [0.4, 0.5) is 0 Å². The molecule has 0 radical (unpaired) electrons. The molecule has 0 aromatic heterocycles. The van der Waals surface area contributed by atoms with Gasteiger partial charge in [0.2, 0.25) is 0 Å². The summed E-state index contributed by atoms with van der Waals surface area (Å²) in [5.74, 6) is -0.680. The number of unbranched alkanes of at least 4 members (excludes halogenated alkanes) is 30. The van der Waals surface area contributed by atoms with E-state index < -0.39 is 5.41 Å². The molecule has 0 saturated carbocycles. The van der Waals surface area contributed by atoms with Gasteiger partial charge >= 0.3 is 17.9 Å². The van der Waals surface area contributed by atoms with Crippen molar-refractivity contribution in [2.45, 2.75) is 258 Å². The van der Waals surface area contributed by atoms with Gasteiger partial charge in [0.25, 0.3) is 0 Å². The van der Waals surface area contributed by atoms with Gasteiger partial charge in [-0.2, -0.15) is 0 Å². The molecule has 8 nitrogen and oxygen atoms in total. The van der Waals surface area contributed by atoms with E-state index in [9.17, 15) is 14.4 Å². The van der Waals surface area contributed by atoms with Gasteiger partial charge in [-0.3, -0.25) is 14.4 Å². The topological polar surface area (TPSA) is 85.4 Å². The summed E-state index contributed by atoms with van der Waals surface area (Å²) in [6, 6.07) is 0. The smallest absolute Gasteiger partial charge is 0.305 e. The molecule has 0 aliphatic heterocycles. The molecular formula is C53H104N2O6. The van der Waals surface area contributed by atoms with E-state index in [-0.39, 0.29) is 37.7 Å². The van der Waals surface area contributed by atoms with Crippen molar-refractivity contribution in [1.29, 1.82) is 0 Å². The van der Waals surface area contributed by atoms with E-state index in [1.165, 1.54) is 154 Å². The molecule has 0 atom stereocenters. The summed E-state index contributed by atoms with van der Waals surface area (Å²) in [5, 5.41) is 0. The van der Waals surface area contributed by atoms with Gasteiger partial charge in [0.05, 0.1) is 5.41 Å². The van der Waals surface area contributed by atoms with Gasteiger partial charge < -0.3 is 24.0 Å². The molecule has 61 heavy (non-hydrogen) atoms. The summed E-state index contributed by atoms with van der Waals surface area (Å²) in [6.07, 6.45) is 42.5. The highest BCUT2D eigenvalue weighted by atomic mass is 16.6. The molecule has 0 fully saturated rings. The quantitative estimate of drug-likeness (QED) is 0.0340. The lowest BCUT2D eigenvalue weighted by atomic mass is 9.90. The summed E-state index contributed by atoms with van der Waals surface area (Å²) in [6.45, 7) is 9.21. The van der Waals surface area contributed by atoms with Gasteiger partial charge in [0.15, 0.2) is 0 Å². The fourth-order valence-electron chi connectivity index (χ4n) is 8.29. The molecule has 0 aromatic rings.